The van der Waals surface area contributed by atoms with Gasteiger partial charge in [-0.05, 0) is 29.7 Å². The Morgan fingerprint density at radius 1 is 1.22 bits per heavy atom. The van der Waals surface area contributed by atoms with Crippen molar-refractivity contribution in [1.82, 2.24) is 15.4 Å². The lowest BCUT2D eigenvalue weighted by Crippen LogP contribution is -2.43. The minimum atomic E-state index is -0.624. The van der Waals surface area contributed by atoms with Gasteiger partial charge in [-0.15, -0.1) is 0 Å². The van der Waals surface area contributed by atoms with Crippen LogP contribution >= 0.6 is 11.6 Å². The van der Waals surface area contributed by atoms with E-state index in [2.05, 4.69) is 15.7 Å². The summed E-state index contributed by atoms with van der Waals surface area (Å²) >= 11 is 6.10. The maximum atomic E-state index is 11.8. The lowest BCUT2D eigenvalue weighted by molar-refractivity contribution is -0.132. The molecule has 0 radical (unpaired) electrons. The number of aromatic nitrogens is 1. The first-order valence-electron chi connectivity index (χ1n) is 8.63. The molecule has 2 N–H and O–H groups in total. The molecule has 2 aromatic rings. The second-order valence-electron chi connectivity index (χ2n) is 5.76. The van der Waals surface area contributed by atoms with Crippen LogP contribution in [0.4, 0.5) is 10.6 Å². The molecule has 0 spiro atoms. The fourth-order valence-electron chi connectivity index (χ4n) is 2.25. The molecule has 7 nitrogen and oxygen atoms in total. The fraction of sp³-hybridized carbons (Fsp3) is 0.316. The van der Waals surface area contributed by atoms with Crippen LogP contribution in [0.3, 0.4) is 0 Å². The molecule has 0 saturated heterocycles. The molecule has 2 rings (SSSR count). The standard InChI is InChI=1S/C19H23ClN4O3/c1-3-15-8-9-18(21-12-15)23-19(26)27-11-10-24(14(2)25)22-13-16-6-4-5-7-17(16)20/h4-9,12,22H,3,10-11,13H2,1-2H3,(H,21,23,26). The Labute approximate surface area is 163 Å². The summed E-state index contributed by atoms with van der Waals surface area (Å²) < 4.78 is 5.11. The zero-order valence-electron chi connectivity index (χ0n) is 15.4. The third kappa shape index (κ3) is 6.88. The third-order valence-electron chi connectivity index (χ3n) is 3.81. The maximum absolute atomic E-state index is 11.8. The van der Waals surface area contributed by atoms with Crippen molar-refractivity contribution < 1.29 is 14.3 Å². The van der Waals surface area contributed by atoms with E-state index in [1.165, 1.54) is 11.9 Å². The van der Waals surface area contributed by atoms with Crippen LogP contribution in [-0.4, -0.2) is 35.1 Å². The average molecular weight is 391 g/mol. The van der Waals surface area contributed by atoms with Gasteiger partial charge in [-0.3, -0.25) is 15.1 Å². The number of rotatable bonds is 8. The van der Waals surface area contributed by atoms with E-state index >= 15 is 0 Å². The number of aryl methyl sites for hydroxylation is 1. The lowest BCUT2D eigenvalue weighted by Gasteiger charge is -2.22. The number of ether oxygens (including phenoxy) is 1. The van der Waals surface area contributed by atoms with E-state index in [1.54, 1.807) is 18.3 Å². The quantitative estimate of drug-likeness (QED) is 0.675. The summed E-state index contributed by atoms with van der Waals surface area (Å²) in [6.45, 7) is 4.08. The minimum absolute atomic E-state index is 0.0357. The van der Waals surface area contributed by atoms with Gasteiger partial charge in [0.1, 0.15) is 12.4 Å². The number of benzene rings is 1. The number of pyridine rings is 1. The number of halogens is 1. The largest absolute Gasteiger partial charge is 0.447 e. The number of amides is 2. The summed E-state index contributed by atoms with van der Waals surface area (Å²) in [4.78, 5) is 27.7. The van der Waals surface area contributed by atoms with E-state index in [9.17, 15) is 9.59 Å². The monoisotopic (exact) mass is 390 g/mol. The molecule has 2 amide bonds. The molecule has 0 saturated carbocycles. The van der Waals surface area contributed by atoms with Crippen LogP contribution in [0.2, 0.25) is 5.02 Å². The first kappa shape index (κ1) is 20.7. The summed E-state index contributed by atoms with van der Waals surface area (Å²) in [5.41, 5.74) is 4.93. The minimum Gasteiger partial charge on any atom is -0.447 e. The first-order valence-corrected chi connectivity index (χ1v) is 9.01. The van der Waals surface area contributed by atoms with Crippen LogP contribution in [0, 0.1) is 0 Å². The summed E-state index contributed by atoms with van der Waals surface area (Å²) in [7, 11) is 0. The molecule has 144 valence electrons. The van der Waals surface area contributed by atoms with Gasteiger partial charge in [0, 0.05) is 24.7 Å². The summed E-state index contributed by atoms with van der Waals surface area (Å²) in [6, 6.07) is 11.0. The van der Waals surface area contributed by atoms with E-state index in [0.29, 0.717) is 17.4 Å². The lowest BCUT2D eigenvalue weighted by atomic mass is 10.2. The summed E-state index contributed by atoms with van der Waals surface area (Å²) in [5.74, 6) is 0.223. The predicted octanol–water partition coefficient (Wildman–Crippen LogP) is 3.40. The highest BCUT2D eigenvalue weighted by Crippen LogP contribution is 2.14. The molecular formula is C19H23ClN4O3. The van der Waals surface area contributed by atoms with Crippen molar-refractivity contribution in [3.05, 3.63) is 58.7 Å². The van der Waals surface area contributed by atoms with Gasteiger partial charge in [0.05, 0.1) is 6.54 Å². The molecule has 0 fully saturated rings. The predicted molar refractivity (Wildman–Crippen MR) is 104 cm³/mol. The molecule has 1 heterocycles. The normalized spacial score (nSPS) is 10.3. The number of nitrogens with zero attached hydrogens (tertiary/aromatic N) is 2. The van der Waals surface area contributed by atoms with Crippen molar-refractivity contribution in [3.63, 3.8) is 0 Å². The highest BCUT2D eigenvalue weighted by atomic mass is 35.5. The van der Waals surface area contributed by atoms with Gasteiger partial charge < -0.3 is 4.74 Å². The smallest absolute Gasteiger partial charge is 0.412 e. The fourth-order valence-corrected chi connectivity index (χ4v) is 2.45. The zero-order valence-corrected chi connectivity index (χ0v) is 16.1. The molecule has 1 aromatic heterocycles. The highest BCUT2D eigenvalue weighted by Gasteiger charge is 2.11. The number of hydrazine groups is 1. The van der Waals surface area contributed by atoms with Crippen LogP contribution in [0.1, 0.15) is 25.0 Å². The first-order chi connectivity index (χ1) is 13.0. The topological polar surface area (TPSA) is 83.6 Å². The van der Waals surface area contributed by atoms with Gasteiger partial charge in [0.15, 0.2) is 0 Å². The average Bonchev–Trinajstić information content (AvgIpc) is 2.66. The zero-order chi connectivity index (χ0) is 19.6. The van der Waals surface area contributed by atoms with Crippen molar-refractivity contribution in [3.8, 4) is 0 Å². The highest BCUT2D eigenvalue weighted by molar-refractivity contribution is 6.31. The van der Waals surface area contributed by atoms with Gasteiger partial charge in [-0.1, -0.05) is 42.8 Å². The molecule has 0 atom stereocenters. The number of nitrogens with one attached hydrogen (secondary N) is 2. The Kier molecular flexibility index (Phi) is 8.03. The number of anilines is 1. The van der Waals surface area contributed by atoms with Gasteiger partial charge in [0.25, 0.3) is 0 Å². The third-order valence-corrected chi connectivity index (χ3v) is 4.18. The van der Waals surface area contributed by atoms with Crippen LogP contribution in [0.5, 0.6) is 0 Å². The maximum Gasteiger partial charge on any atom is 0.412 e. The molecule has 0 bridgehead atoms. The molecule has 1 aromatic carbocycles. The van der Waals surface area contributed by atoms with Crippen molar-refractivity contribution in [2.75, 3.05) is 18.5 Å². The number of hydrogen-bond donors (Lipinski definition) is 2. The number of carbonyl (C=O) groups excluding carboxylic acids is 2. The Morgan fingerprint density at radius 2 is 2.00 bits per heavy atom. The number of carbonyl (C=O) groups is 2. The van der Waals surface area contributed by atoms with Crippen LogP contribution < -0.4 is 10.7 Å². The van der Waals surface area contributed by atoms with Gasteiger partial charge in [-0.25, -0.2) is 15.2 Å². The molecule has 8 heteroatoms. The van der Waals surface area contributed by atoms with Crippen LogP contribution in [-0.2, 0) is 22.5 Å². The van der Waals surface area contributed by atoms with Crippen molar-refractivity contribution >= 4 is 29.4 Å². The van der Waals surface area contributed by atoms with E-state index in [4.69, 9.17) is 16.3 Å². The SMILES string of the molecule is CCc1ccc(NC(=O)OCCN(NCc2ccccc2Cl)C(C)=O)nc1. The molecule has 0 aliphatic rings. The van der Waals surface area contributed by atoms with E-state index in [0.717, 1.165) is 17.5 Å². The van der Waals surface area contributed by atoms with Crippen molar-refractivity contribution in [2.24, 2.45) is 0 Å². The molecule has 0 unspecified atom stereocenters. The molecule has 0 aliphatic carbocycles. The summed E-state index contributed by atoms with van der Waals surface area (Å²) in [6.07, 6.45) is 1.95. The Hall–Kier alpha value is -2.64. The van der Waals surface area contributed by atoms with Crippen LogP contribution in [0.25, 0.3) is 0 Å². The molecular weight excluding hydrogens is 368 g/mol. The van der Waals surface area contributed by atoms with Crippen molar-refractivity contribution in [2.45, 2.75) is 26.8 Å². The van der Waals surface area contributed by atoms with Crippen molar-refractivity contribution in [1.29, 1.82) is 0 Å². The molecule has 0 aliphatic heterocycles. The second-order valence-corrected chi connectivity index (χ2v) is 6.17. The second kappa shape index (κ2) is 10.5. The van der Waals surface area contributed by atoms with Crippen LogP contribution in [0.15, 0.2) is 42.6 Å². The Bertz CT molecular complexity index is 768. The molecule has 27 heavy (non-hydrogen) atoms. The Balaban J connectivity index is 1.77. The Morgan fingerprint density at radius 3 is 2.63 bits per heavy atom. The van der Waals surface area contributed by atoms with E-state index in [-0.39, 0.29) is 19.1 Å². The van der Waals surface area contributed by atoms with E-state index < -0.39 is 6.09 Å². The summed E-state index contributed by atoms with van der Waals surface area (Å²) in [5, 5.41) is 4.54. The van der Waals surface area contributed by atoms with Gasteiger partial charge >= 0.3 is 6.09 Å². The number of hydrogen-bond acceptors (Lipinski definition) is 5. The van der Waals surface area contributed by atoms with Gasteiger partial charge in [-0.2, -0.15) is 0 Å². The van der Waals surface area contributed by atoms with E-state index in [1.807, 2.05) is 31.2 Å². The van der Waals surface area contributed by atoms with Gasteiger partial charge in [0.2, 0.25) is 5.91 Å².